The van der Waals surface area contributed by atoms with Crippen LogP contribution in [0.3, 0.4) is 0 Å². The van der Waals surface area contributed by atoms with E-state index < -0.39 is 14.8 Å². The summed E-state index contributed by atoms with van der Waals surface area (Å²) in [5, 5.41) is 6.21. The first-order valence-electron chi connectivity index (χ1n) is 9.38. The SMILES string of the molecule is CCCCC1NCCO[C@@]1(C)O[SiH](c1ccccc1)c1ccccc1. The van der Waals surface area contributed by atoms with Crippen LogP contribution >= 0.6 is 0 Å². The van der Waals surface area contributed by atoms with Crippen LogP contribution in [-0.4, -0.2) is 34.0 Å². The molecule has 0 bridgehead atoms. The molecule has 2 aromatic rings. The zero-order valence-electron chi connectivity index (χ0n) is 15.3. The minimum atomic E-state index is -1.83. The number of unbranched alkanes of at least 4 members (excludes halogenated alkanes) is 1. The minimum absolute atomic E-state index is 0.239. The lowest BCUT2D eigenvalue weighted by Gasteiger charge is -2.44. The summed E-state index contributed by atoms with van der Waals surface area (Å²) in [5.74, 6) is -0.573. The van der Waals surface area contributed by atoms with Gasteiger partial charge in [0.1, 0.15) is 0 Å². The summed E-state index contributed by atoms with van der Waals surface area (Å²) in [6.45, 7) is 5.94. The quantitative estimate of drug-likeness (QED) is 0.774. The summed E-state index contributed by atoms with van der Waals surface area (Å²) in [5.41, 5.74) is 0. The third kappa shape index (κ3) is 4.58. The fraction of sp³-hybridized carbons (Fsp3) is 0.429. The molecule has 1 heterocycles. The molecule has 0 saturated carbocycles. The maximum absolute atomic E-state index is 6.81. The van der Waals surface area contributed by atoms with E-state index in [-0.39, 0.29) is 6.04 Å². The molecule has 0 amide bonds. The van der Waals surface area contributed by atoms with E-state index in [0.717, 1.165) is 13.0 Å². The summed E-state index contributed by atoms with van der Waals surface area (Å²) in [6.07, 6.45) is 3.45. The molecule has 1 aliphatic rings. The minimum Gasteiger partial charge on any atom is -0.383 e. The molecule has 1 fully saturated rings. The van der Waals surface area contributed by atoms with Crippen molar-refractivity contribution in [2.75, 3.05) is 13.2 Å². The lowest BCUT2D eigenvalue weighted by atomic mass is 10.0. The van der Waals surface area contributed by atoms with Gasteiger partial charge in [-0.15, -0.1) is 0 Å². The summed E-state index contributed by atoms with van der Waals surface area (Å²) in [4.78, 5) is 0. The number of hydrogen-bond donors (Lipinski definition) is 1. The second-order valence-corrected chi connectivity index (χ2v) is 9.16. The molecular weight excluding hydrogens is 326 g/mol. The highest BCUT2D eigenvalue weighted by Gasteiger charge is 2.41. The van der Waals surface area contributed by atoms with Gasteiger partial charge in [-0.3, -0.25) is 0 Å². The Morgan fingerprint density at radius 2 is 1.68 bits per heavy atom. The Bertz CT molecular complexity index is 597. The highest BCUT2D eigenvalue weighted by Crippen LogP contribution is 2.25. The van der Waals surface area contributed by atoms with Crippen LogP contribution in [0.15, 0.2) is 60.7 Å². The van der Waals surface area contributed by atoms with E-state index in [1.807, 2.05) is 0 Å². The summed E-state index contributed by atoms with van der Waals surface area (Å²) in [7, 11) is -1.83. The van der Waals surface area contributed by atoms with E-state index in [4.69, 9.17) is 9.16 Å². The molecule has 0 aromatic heterocycles. The van der Waals surface area contributed by atoms with Crippen molar-refractivity contribution in [3.8, 4) is 0 Å². The Balaban J connectivity index is 1.88. The van der Waals surface area contributed by atoms with Crippen molar-refractivity contribution in [2.45, 2.75) is 44.9 Å². The van der Waals surface area contributed by atoms with Crippen LogP contribution in [0.4, 0.5) is 0 Å². The smallest absolute Gasteiger partial charge is 0.243 e. The number of hydrogen-bond acceptors (Lipinski definition) is 3. The molecule has 2 atom stereocenters. The molecule has 134 valence electrons. The van der Waals surface area contributed by atoms with E-state index in [9.17, 15) is 0 Å². The largest absolute Gasteiger partial charge is 0.383 e. The van der Waals surface area contributed by atoms with Crippen LogP contribution in [0.2, 0.25) is 0 Å². The van der Waals surface area contributed by atoms with Gasteiger partial charge >= 0.3 is 0 Å². The molecule has 2 aromatic carbocycles. The van der Waals surface area contributed by atoms with Crippen LogP contribution in [-0.2, 0) is 9.16 Å². The summed E-state index contributed by atoms with van der Waals surface area (Å²) < 4.78 is 13.0. The molecule has 1 saturated heterocycles. The van der Waals surface area contributed by atoms with E-state index in [2.05, 4.69) is 79.8 Å². The van der Waals surface area contributed by atoms with Crippen LogP contribution in [0.1, 0.15) is 33.1 Å². The van der Waals surface area contributed by atoms with Crippen LogP contribution < -0.4 is 15.7 Å². The van der Waals surface area contributed by atoms with Crippen molar-refractivity contribution in [3.63, 3.8) is 0 Å². The fourth-order valence-corrected chi connectivity index (χ4v) is 5.98. The highest BCUT2D eigenvalue weighted by molar-refractivity contribution is 6.80. The average Bonchev–Trinajstić information content (AvgIpc) is 2.67. The van der Waals surface area contributed by atoms with Gasteiger partial charge < -0.3 is 14.5 Å². The molecular formula is C21H29NO2Si. The summed E-state index contributed by atoms with van der Waals surface area (Å²) >= 11 is 0. The van der Waals surface area contributed by atoms with Gasteiger partial charge in [-0.25, -0.2) is 0 Å². The second kappa shape index (κ2) is 8.76. The molecule has 0 aliphatic carbocycles. The van der Waals surface area contributed by atoms with Gasteiger partial charge in [-0.1, -0.05) is 80.4 Å². The molecule has 3 rings (SSSR count). The monoisotopic (exact) mass is 355 g/mol. The maximum Gasteiger partial charge on any atom is 0.243 e. The maximum atomic E-state index is 6.81. The van der Waals surface area contributed by atoms with E-state index in [1.54, 1.807) is 0 Å². The molecule has 1 aliphatic heterocycles. The van der Waals surface area contributed by atoms with E-state index in [0.29, 0.717) is 6.61 Å². The Morgan fingerprint density at radius 3 is 2.24 bits per heavy atom. The van der Waals surface area contributed by atoms with Crippen molar-refractivity contribution in [2.24, 2.45) is 0 Å². The van der Waals surface area contributed by atoms with Crippen LogP contribution in [0.5, 0.6) is 0 Å². The number of benzene rings is 2. The molecule has 0 radical (unpaired) electrons. The Morgan fingerprint density at radius 1 is 1.08 bits per heavy atom. The number of morpholine rings is 1. The lowest BCUT2D eigenvalue weighted by Crippen LogP contribution is -2.62. The standard InChI is InChI=1S/C21H29NO2Si/c1-3-4-15-20-21(2,23-17-16-22-20)24-25(18-11-7-5-8-12-18)19-13-9-6-10-14-19/h5-14,20,22,25H,3-4,15-17H2,1-2H3/t20?,21-/m0/s1. The second-order valence-electron chi connectivity index (χ2n) is 6.83. The van der Waals surface area contributed by atoms with Crippen LogP contribution in [0, 0.1) is 0 Å². The third-order valence-corrected chi connectivity index (χ3v) is 7.60. The van der Waals surface area contributed by atoms with Crippen LogP contribution in [0.25, 0.3) is 0 Å². The average molecular weight is 356 g/mol. The summed E-state index contributed by atoms with van der Waals surface area (Å²) in [6, 6.07) is 21.5. The van der Waals surface area contributed by atoms with Gasteiger partial charge in [0.05, 0.1) is 12.6 Å². The van der Waals surface area contributed by atoms with Crippen molar-refractivity contribution in [1.29, 1.82) is 0 Å². The molecule has 1 unspecified atom stereocenters. The topological polar surface area (TPSA) is 30.5 Å². The highest BCUT2D eigenvalue weighted by atomic mass is 28.3. The Hall–Kier alpha value is -1.46. The molecule has 4 heteroatoms. The van der Waals surface area contributed by atoms with Gasteiger partial charge in [0.15, 0.2) is 5.79 Å². The van der Waals surface area contributed by atoms with Crippen molar-refractivity contribution in [1.82, 2.24) is 5.32 Å². The van der Waals surface area contributed by atoms with Crippen molar-refractivity contribution < 1.29 is 9.16 Å². The normalized spacial score (nSPS) is 23.7. The molecule has 3 nitrogen and oxygen atoms in total. The molecule has 1 N–H and O–H groups in total. The first-order valence-corrected chi connectivity index (χ1v) is 11.0. The number of ether oxygens (including phenoxy) is 1. The van der Waals surface area contributed by atoms with Gasteiger partial charge in [-0.05, 0) is 23.7 Å². The molecule has 25 heavy (non-hydrogen) atoms. The predicted molar refractivity (Wildman–Crippen MR) is 106 cm³/mol. The third-order valence-electron chi connectivity index (χ3n) is 4.92. The van der Waals surface area contributed by atoms with E-state index in [1.165, 1.54) is 23.2 Å². The molecule has 0 spiro atoms. The van der Waals surface area contributed by atoms with Gasteiger partial charge in [0.25, 0.3) is 0 Å². The van der Waals surface area contributed by atoms with Gasteiger partial charge in [0, 0.05) is 6.54 Å². The Labute approximate surface area is 153 Å². The van der Waals surface area contributed by atoms with Gasteiger partial charge in [-0.2, -0.15) is 0 Å². The first kappa shape index (κ1) is 18.3. The first-order chi connectivity index (χ1) is 12.2. The van der Waals surface area contributed by atoms with Crippen molar-refractivity contribution >= 4 is 19.4 Å². The van der Waals surface area contributed by atoms with Gasteiger partial charge in [0.2, 0.25) is 9.04 Å². The fourth-order valence-electron chi connectivity index (χ4n) is 3.48. The zero-order chi connectivity index (χ0) is 17.5. The predicted octanol–water partition coefficient (Wildman–Crippen LogP) is 2.44. The number of rotatable bonds is 7. The Kier molecular flexibility index (Phi) is 6.43. The number of nitrogens with one attached hydrogen (secondary N) is 1. The van der Waals surface area contributed by atoms with E-state index >= 15 is 0 Å². The lowest BCUT2D eigenvalue weighted by molar-refractivity contribution is -0.210. The zero-order valence-corrected chi connectivity index (χ0v) is 16.4. The van der Waals surface area contributed by atoms with Crippen molar-refractivity contribution in [3.05, 3.63) is 60.7 Å².